The standard InChI is InChI=1S/C23H24FNO3/c1-16(2)15-23(22(27)28)11-13-25(14-12-23)21(26)20-18(9-6-10-19(20)24)17-7-4-3-5-8-17/h3-10H,1,11-15H2,2H3,(H,27,28). The van der Waals surface area contributed by atoms with E-state index in [0.29, 0.717) is 24.8 Å². The number of amides is 1. The molecule has 1 saturated heterocycles. The third kappa shape index (κ3) is 3.84. The lowest BCUT2D eigenvalue weighted by Crippen LogP contribution is -2.47. The summed E-state index contributed by atoms with van der Waals surface area (Å²) in [5, 5.41) is 9.71. The lowest BCUT2D eigenvalue weighted by molar-refractivity contribution is -0.151. The molecule has 1 aliphatic rings. The number of piperidine rings is 1. The number of carbonyl (C=O) groups excluding carboxylic acids is 1. The van der Waals surface area contributed by atoms with E-state index < -0.39 is 23.1 Å². The minimum absolute atomic E-state index is 0.0384. The highest BCUT2D eigenvalue weighted by Gasteiger charge is 2.42. The molecule has 2 aromatic carbocycles. The molecule has 4 nitrogen and oxygen atoms in total. The second-order valence-corrected chi connectivity index (χ2v) is 7.54. The van der Waals surface area contributed by atoms with Crippen molar-refractivity contribution in [2.45, 2.75) is 26.2 Å². The third-order valence-corrected chi connectivity index (χ3v) is 5.41. The van der Waals surface area contributed by atoms with Crippen molar-refractivity contribution in [1.82, 2.24) is 4.90 Å². The zero-order valence-electron chi connectivity index (χ0n) is 16.0. The summed E-state index contributed by atoms with van der Waals surface area (Å²) in [5.74, 6) is -1.83. The molecule has 1 aliphatic heterocycles. The molecular weight excluding hydrogens is 357 g/mol. The van der Waals surface area contributed by atoms with Crippen molar-refractivity contribution >= 4 is 11.9 Å². The van der Waals surface area contributed by atoms with E-state index in [2.05, 4.69) is 6.58 Å². The van der Waals surface area contributed by atoms with Crippen molar-refractivity contribution in [2.24, 2.45) is 5.41 Å². The Hall–Kier alpha value is -2.95. The molecule has 1 fully saturated rings. The van der Waals surface area contributed by atoms with Crippen molar-refractivity contribution < 1.29 is 19.1 Å². The van der Waals surface area contributed by atoms with E-state index in [9.17, 15) is 19.1 Å². The molecule has 2 aromatic rings. The summed E-state index contributed by atoms with van der Waals surface area (Å²) >= 11 is 0. The fourth-order valence-electron chi connectivity index (χ4n) is 3.94. The number of likely N-dealkylation sites (tertiary alicyclic amines) is 1. The highest BCUT2D eigenvalue weighted by Crippen LogP contribution is 2.38. The van der Waals surface area contributed by atoms with E-state index in [1.807, 2.05) is 37.3 Å². The van der Waals surface area contributed by atoms with Gasteiger partial charge in [0.05, 0.1) is 11.0 Å². The molecule has 0 aliphatic carbocycles. The van der Waals surface area contributed by atoms with Gasteiger partial charge in [0.2, 0.25) is 0 Å². The number of carbonyl (C=O) groups is 2. The Balaban J connectivity index is 1.87. The minimum atomic E-state index is -0.903. The number of carboxylic acids is 1. The summed E-state index contributed by atoms with van der Waals surface area (Å²) in [5.41, 5.74) is 1.26. The van der Waals surface area contributed by atoms with Gasteiger partial charge in [-0.15, -0.1) is 6.58 Å². The van der Waals surface area contributed by atoms with Crippen LogP contribution in [0, 0.1) is 11.2 Å². The maximum absolute atomic E-state index is 14.6. The van der Waals surface area contributed by atoms with Crippen LogP contribution in [0.2, 0.25) is 0 Å². The van der Waals surface area contributed by atoms with E-state index in [0.717, 1.165) is 11.1 Å². The number of halogens is 1. The van der Waals surface area contributed by atoms with Crippen LogP contribution in [0.4, 0.5) is 4.39 Å². The van der Waals surface area contributed by atoms with Crippen molar-refractivity contribution in [3.8, 4) is 11.1 Å². The van der Waals surface area contributed by atoms with Gasteiger partial charge in [0.15, 0.2) is 0 Å². The number of hydrogen-bond acceptors (Lipinski definition) is 2. The normalized spacial score (nSPS) is 15.9. The van der Waals surface area contributed by atoms with Crippen molar-refractivity contribution in [2.75, 3.05) is 13.1 Å². The molecule has 0 unspecified atom stereocenters. The lowest BCUT2D eigenvalue weighted by atomic mass is 9.74. The summed E-state index contributed by atoms with van der Waals surface area (Å²) in [6.07, 6.45) is 1.05. The summed E-state index contributed by atoms with van der Waals surface area (Å²) in [6.45, 7) is 6.21. The van der Waals surface area contributed by atoms with E-state index in [4.69, 9.17) is 0 Å². The second kappa shape index (κ2) is 7.97. The number of carboxylic acid groups (broad SMARTS) is 1. The van der Waals surface area contributed by atoms with Crippen LogP contribution in [0.3, 0.4) is 0 Å². The van der Waals surface area contributed by atoms with Crippen molar-refractivity contribution in [1.29, 1.82) is 0 Å². The minimum Gasteiger partial charge on any atom is -0.481 e. The zero-order chi connectivity index (χ0) is 20.3. The smallest absolute Gasteiger partial charge is 0.310 e. The number of aliphatic carboxylic acids is 1. The number of rotatable bonds is 5. The lowest BCUT2D eigenvalue weighted by Gasteiger charge is -2.39. The van der Waals surface area contributed by atoms with Gasteiger partial charge in [-0.25, -0.2) is 4.39 Å². The molecule has 146 valence electrons. The van der Waals surface area contributed by atoms with E-state index in [-0.39, 0.29) is 18.7 Å². The average Bonchev–Trinajstić information content (AvgIpc) is 2.68. The number of hydrogen-bond donors (Lipinski definition) is 1. The third-order valence-electron chi connectivity index (χ3n) is 5.41. The van der Waals surface area contributed by atoms with Gasteiger partial charge in [-0.05, 0) is 43.4 Å². The van der Waals surface area contributed by atoms with Gasteiger partial charge in [-0.2, -0.15) is 0 Å². The fraction of sp³-hybridized carbons (Fsp3) is 0.304. The van der Waals surface area contributed by atoms with Crippen LogP contribution in [0.15, 0.2) is 60.7 Å². The molecule has 0 bridgehead atoms. The van der Waals surface area contributed by atoms with Crippen molar-refractivity contribution in [3.63, 3.8) is 0 Å². The molecule has 0 saturated carbocycles. The van der Waals surface area contributed by atoms with Crippen LogP contribution in [-0.4, -0.2) is 35.0 Å². The van der Waals surface area contributed by atoms with Gasteiger partial charge < -0.3 is 10.0 Å². The molecule has 0 atom stereocenters. The monoisotopic (exact) mass is 381 g/mol. The van der Waals surface area contributed by atoms with Crippen LogP contribution in [0.25, 0.3) is 11.1 Å². The molecule has 5 heteroatoms. The van der Waals surface area contributed by atoms with Crippen LogP contribution in [0.1, 0.15) is 36.5 Å². The molecule has 0 spiro atoms. The summed E-state index contributed by atoms with van der Waals surface area (Å²) in [7, 11) is 0. The molecular formula is C23H24FNO3. The number of nitrogens with zero attached hydrogens (tertiary/aromatic N) is 1. The quantitative estimate of drug-likeness (QED) is 0.760. The van der Waals surface area contributed by atoms with E-state index >= 15 is 0 Å². The molecule has 1 amide bonds. The molecule has 28 heavy (non-hydrogen) atoms. The van der Waals surface area contributed by atoms with E-state index in [1.54, 1.807) is 17.0 Å². The van der Waals surface area contributed by atoms with Crippen LogP contribution in [0.5, 0.6) is 0 Å². The first kappa shape index (κ1) is 19.8. The Kier molecular flexibility index (Phi) is 5.63. The number of allylic oxidation sites excluding steroid dienone is 1. The molecule has 0 aromatic heterocycles. The van der Waals surface area contributed by atoms with Crippen LogP contribution < -0.4 is 0 Å². The summed E-state index contributed by atoms with van der Waals surface area (Å²) in [4.78, 5) is 26.5. The number of benzene rings is 2. The molecule has 0 radical (unpaired) electrons. The van der Waals surface area contributed by atoms with Gasteiger partial charge in [0, 0.05) is 13.1 Å². The highest BCUT2D eigenvalue weighted by molar-refractivity contribution is 6.01. The summed E-state index contributed by atoms with van der Waals surface area (Å²) < 4.78 is 14.6. The van der Waals surface area contributed by atoms with Crippen LogP contribution >= 0.6 is 0 Å². The van der Waals surface area contributed by atoms with E-state index in [1.165, 1.54) is 6.07 Å². The largest absolute Gasteiger partial charge is 0.481 e. The van der Waals surface area contributed by atoms with Gasteiger partial charge in [-0.1, -0.05) is 48.0 Å². The second-order valence-electron chi connectivity index (χ2n) is 7.54. The Morgan fingerprint density at radius 2 is 1.75 bits per heavy atom. The topological polar surface area (TPSA) is 57.6 Å². The first-order chi connectivity index (χ1) is 13.3. The Morgan fingerprint density at radius 3 is 2.32 bits per heavy atom. The predicted octanol–water partition coefficient (Wildman–Crippen LogP) is 4.77. The molecule has 1 N–H and O–H groups in total. The van der Waals surface area contributed by atoms with Gasteiger partial charge in [-0.3, -0.25) is 9.59 Å². The average molecular weight is 381 g/mol. The molecule has 3 rings (SSSR count). The molecule has 1 heterocycles. The Labute approximate surface area is 164 Å². The SMILES string of the molecule is C=C(C)CC1(C(=O)O)CCN(C(=O)c2c(F)cccc2-c2ccccc2)CC1. The predicted molar refractivity (Wildman–Crippen MR) is 106 cm³/mol. The highest BCUT2D eigenvalue weighted by atomic mass is 19.1. The fourth-order valence-corrected chi connectivity index (χ4v) is 3.94. The van der Waals surface area contributed by atoms with Gasteiger partial charge in [0.1, 0.15) is 5.82 Å². The van der Waals surface area contributed by atoms with Gasteiger partial charge >= 0.3 is 5.97 Å². The van der Waals surface area contributed by atoms with Gasteiger partial charge in [0.25, 0.3) is 5.91 Å². The summed E-state index contributed by atoms with van der Waals surface area (Å²) in [6, 6.07) is 13.8. The maximum atomic E-state index is 14.6. The van der Waals surface area contributed by atoms with Crippen LogP contribution in [-0.2, 0) is 4.79 Å². The Bertz CT molecular complexity index is 899. The first-order valence-corrected chi connectivity index (χ1v) is 9.35. The Morgan fingerprint density at radius 1 is 1.11 bits per heavy atom. The maximum Gasteiger partial charge on any atom is 0.310 e. The van der Waals surface area contributed by atoms with Crippen molar-refractivity contribution in [3.05, 3.63) is 72.1 Å². The first-order valence-electron chi connectivity index (χ1n) is 9.35. The zero-order valence-corrected chi connectivity index (χ0v) is 16.0.